The largest absolute Gasteiger partial charge is 0.478 e. The van der Waals surface area contributed by atoms with Crippen LogP contribution in [0.5, 0.6) is 0 Å². The summed E-state index contributed by atoms with van der Waals surface area (Å²) in [4.78, 5) is 20.9. The number of carboxylic acids is 1. The molecule has 0 saturated heterocycles. The van der Waals surface area contributed by atoms with Gasteiger partial charge in [-0.3, -0.25) is 4.98 Å². The summed E-state index contributed by atoms with van der Waals surface area (Å²) in [5.74, 6) is 0.799. The standard InChI is InChI=1S/C27H28N4O2/c1-2-3-9-16-31-26(29-25(30-31)17-20-10-5-4-6-11-20)18-21-14-15-24(28-19-21)22-12-7-8-13-23(22)27(32)33/h4-8,10-15,19H,2-3,9,16-18H2,1H3,(H,32,33). The highest BCUT2D eigenvalue weighted by atomic mass is 16.4. The molecule has 0 aliphatic carbocycles. The van der Waals surface area contributed by atoms with Gasteiger partial charge in [0.15, 0.2) is 5.82 Å². The molecule has 6 nitrogen and oxygen atoms in total. The van der Waals surface area contributed by atoms with Crippen LogP contribution in [0.1, 0.15) is 59.3 Å². The number of pyridine rings is 1. The topological polar surface area (TPSA) is 80.9 Å². The third-order valence-corrected chi connectivity index (χ3v) is 5.59. The van der Waals surface area contributed by atoms with Crippen LogP contribution < -0.4 is 0 Å². The molecule has 0 aliphatic heterocycles. The van der Waals surface area contributed by atoms with Crippen molar-refractivity contribution in [1.29, 1.82) is 0 Å². The number of aromatic carboxylic acids is 1. The van der Waals surface area contributed by atoms with Crippen LogP contribution in [-0.2, 0) is 19.4 Å². The normalized spacial score (nSPS) is 10.9. The first-order valence-electron chi connectivity index (χ1n) is 11.4. The van der Waals surface area contributed by atoms with E-state index in [-0.39, 0.29) is 5.56 Å². The molecule has 4 rings (SSSR count). The second-order valence-electron chi connectivity index (χ2n) is 8.12. The van der Waals surface area contributed by atoms with Crippen LogP contribution in [-0.4, -0.2) is 30.8 Å². The van der Waals surface area contributed by atoms with Gasteiger partial charge in [0, 0.05) is 31.1 Å². The highest BCUT2D eigenvalue weighted by molar-refractivity contribution is 5.95. The molecule has 168 valence electrons. The molecule has 1 N–H and O–H groups in total. The highest BCUT2D eigenvalue weighted by Crippen LogP contribution is 2.22. The van der Waals surface area contributed by atoms with E-state index in [1.54, 1.807) is 24.4 Å². The minimum atomic E-state index is -0.956. The van der Waals surface area contributed by atoms with E-state index in [1.807, 2.05) is 41.1 Å². The predicted octanol–water partition coefficient (Wildman–Crippen LogP) is 5.41. The molecule has 4 aromatic rings. The maximum absolute atomic E-state index is 11.5. The highest BCUT2D eigenvalue weighted by Gasteiger charge is 2.14. The molecule has 2 aromatic heterocycles. The molecule has 0 bridgehead atoms. The van der Waals surface area contributed by atoms with Crippen molar-refractivity contribution in [3.63, 3.8) is 0 Å². The molecule has 0 amide bonds. The van der Waals surface area contributed by atoms with Crippen LogP contribution in [0.15, 0.2) is 72.9 Å². The van der Waals surface area contributed by atoms with E-state index < -0.39 is 5.97 Å². The number of benzene rings is 2. The van der Waals surface area contributed by atoms with Gasteiger partial charge in [-0.05, 0) is 29.7 Å². The lowest BCUT2D eigenvalue weighted by Crippen LogP contribution is -2.07. The molecule has 2 heterocycles. The van der Waals surface area contributed by atoms with Crippen LogP contribution >= 0.6 is 0 Å². The zero-order valence-electron chi connectivity index (χ0n) is 18.8. The number of carboxylic acid groups (broad SMARTS) is 1. The van der Waals surface area contributed by atoms with Crippen molar-refractivity contribution in [2.24, 2.45) is 0 Å². The number of aryl methyl sites for hydroxylation is 1. The Kier molecular flexibility index (Phi) is 7.25. The summed E-state index contributed by atoms with van der Waals surface area (Å²) in [6.45, 7) is 3.04. The Labute approximate surface area is 194 Å². The molecule has 0 unspecified atom stereocenters. The second kappa shape index (κ2) is 10.7. The molecular weight excluding hydrogens is 412 g/mol. The molecule has 0 aliphatic rings. The number of nitrogens with zero attached hydrogens (tertiary/aromatic N) is 4. The van der Waals surface area contributed by atoms with Crippen molar-refractivity contribution in [2.45, 2.75) is 45.6 Å². The first kappa shape index (κ1) is 22.4. The van der Waals surface area contributed by atoms with E-state index in [1.165, 1.54) is 5.56 Å². The van der Waals surface area contributed by atoms with Crippen molar-refractivity contribution in [2.75, 3.05) is 0 Å². The Morgan fingerprint density at radius 2 is 1.70 bits per heavy atom. The number of rotatable bonds is 10. The SMILES string of the molecule is CCCCCn1nc(Cc2ccccc2)nc1Cc1ccc(-c2ccccc2C(=O)O)nc1. The molecule has 2 aromatic carbocycles. The van der Waals surface area contributed by atoms with Gasteiger partial charge in [0.1, 0.15) is 5.82 Å². The predicted molar refractivity (Wildman–Crippen MR) is 128 cm³/mol. The Hall–Kier alpha value is -3.80. The van der Waals surface area contributed by atoms with E-state index >= 15 is 0 Å². The minimum Gasteiger partial charge on any atom is -0.478 e. The van der Waals surface area contributed by atoms with Crippen LogP contribution in [0.2, 0.25) is 0 Å². The van der Waals surface area contributed by atoms with E-state index in [0.29, 0.717) is 24.1 Å². The number of hydrogen-bond acceptors (Lipinski definition) is 4. The van der Waals surface area contributed by atoms with Crippen LogP contribution in [0.4, 0.5) is 0 Å². The quantitative estimate of drug-likeness (QED) is 0.334. The summed E-state index contributed by atoms with van der Waals surface area (Å²) in [6, 6.07) is 21.1. The van der Waals surface area contributed by atoms with Gasteiger partial charge in [-0.25, -0.2) is 14.5 Å². The van der Waals surface area contributed by atoms with Gasteiger partial charge < -0.3 is 5.11 Å². The lowest BCUT2D eigenvalue weighted by atomic mass is 10.0. The van der Waals surface area contributed by atoms with Crippen molar-refractivity contribution in [1.82, 2.24) is 19.7 Å². The Morgan fingerprint density at radius 3 is 2.42 bits per heavy atom. The van der Waals surface area contributed by atoms with Gasteiger partial charge in [0.05, 0.1) is 11.3 Å². The third-order valence-electron chi connectivity index (χ3n) is 5.59. The summed E-state index contributed by atoms with van der Waals surface area (Å²) in [7, 11) is 0. The van der Waals surface area contributed by atoms with Crippen molar-refractivity contribution >= 4 is 5.97 Å². The van der Waals surface area contributed by atoms with Crippen LogP contribution in [0, 0.1) is 0 Å². The summed E-state index contributed by atoms with van der Waals surface area (Å²) >= 11 is 0. The molecule has 33 heavy (non-hydrogen) atoms. The third kappa shape index (κ3) is 5.71. The summed E-state index contributed by atoms with van der Waals surface area (Å²) in [6.07, 6.45) is 6.52. The fourth-order valence-electron chi connectivity index (χ4n) is 3.86. The number of aromatic nitrogens is 4. The molecular formula is C27H28N4O2. The molecule has 0 spiro atoms. The van der Waals surface area contributed by atoms with Gasteiger partial charge in [0.2, 0.25) is 0 Å². The minimum absolute atomic E-state index is 0.249. The maximum Gasteiger partial charge on any atom is 0.336 e. The fourth-order valence-corrected chi connectivity index (χ4v) is 3.86. The molecule has 0 fully saturated rings. The van der Waals surface area contributed by atoms with E-state index in [4.69, 9.17) is 10.1 Å². The van der Waals surface area contributed by atoms with Crippen molar-refractivity contribution in [3.8, 4) is 11.3 Å². The zero-order valence-corrected chi connectivity index (χ0v) is 18.8. The second-order valence-corrected chi connectivity index (χ2v) is 8.12. The summed E-state index contributed by atoms with van der Waals surface area (Å²) in [5.41, 5.74) is 3.72. The maximum atomic E-state index is 11.5. The van der Waals surface area contributed by atoms with Gasteiger partial charge in [0.25, 0.3) is 0 Å². The Balaban J connectivity index is 1.55. The smallest absolute Gasteiger partial charge is 0.336 e. The first-order chi connectivity index (χ1) is 16.1. The van der Waals surface area contributed by atoms with Gasteiger partial charge in [-0.15, -0.1) is 0 Å². The van der Waals surface area contributed by atoms with Crippen LogP contribution in [0.25, 0.3) is 11.3 Å². The van der Waals surface area contributed by atoms with Gasteiger partial charge in [-0.2, -0.15) is 5.10 Å². The zero-order chi connectivity index (χ0) is 23.0. The molecule has 0 radical (unpaired) electrons. The van der Waals surface area contributed by atoms with Gasteiger partial charge >= 0.3 is 5.97 Å². The molecule has 0 saturated carbocycles. The average molecular weight is 441 g/mol. The lowest BCUT2D eigenvalue weighted by Gasteiger charge is -2.08. The summed E-state index contributed by atoms with van der Waals surface area (Å²) < 4.78 is 2.03. The lowest BCUT2D eigenvalue weighted by molar-refractivity contribution is 0.0697. The average Bonchev–Trinajstić information content (AvgIpc) is 3.21. The first-order valence-corrected chi connectivity index (χ1v) is 11.4. The Morgan fingerprint density at radius 1 is 0.909 bits per heavy atom. The van der Waals surface area contributed by atoms with E-state index in [9.17, 15) is 9.90 Å². The van der Waals surface area contributed by atoms with E-state index in [2.05, 4.69) is 24.0 Å². The van der Waals surface area contributed by atoms with Gasteiger partial charge in [-0.1, -0.05) is 74.4 Å². The molecule has 6 heteroatoms. The monoisotopic (exact) mass is 440 g/mol. The van der Waals surface area contributed by atoms with Crippen molar-refractivity contribution in [3.05, 3.63) is 101 Å². The van der Waals surface area contributed by atoms with E-state index in [0.717, 1.165) is 43.0 Å². The van der Waals surface area contributed by atoms with Crippen molar-refractivity contribution < 1.29 is 9.90 Å². The number of hydrogen-bond donors (Lipinski definition) is 1. The Bertz CT molecular complexity index is 1200. The van der Waals surface area contributed by atoms with Crippen LogP contribution in [0.3, 0.4) is 0 Å². The summed E-state index contributed by atoms with van der Waals surface area (Å²) in [5, 5.41) is 14.2. The molecule has 0 atom stereocenters. The fraction of sp³-hybridized carbons (Fsp3) is 0.259. The number of carbonyl (C=O) groups is 1. The number of unbranched alkanes of at least 4 members (excludes halogenated alkanes) is 2.